The van der Waals surface area contributed by atoms with Crippen LogP contribution in [0.15, 0.2) is 12.4 Å². The molecule has 1 radical (unpaired) electrons. The minimum Gasteiger partial charge on any atom is -0.495 e. The molecule has 0 unspecified atom stereocenters. The van der Waals surface area contributed by atoms with Gasteiger partial charge in [0.25, 0.3) is 0 Å². The normalized spacial score (nSPS) is 9.25. The van der Waals surface area contributed by atoms with Crippen LogP contribution in [0.5, 0.6) is 5.75 Å². The molecule has 0 fully saturated rings. The minimum atomic E-state index is 0.785. The van der Waals surface area contributed by atoms with Crippen LogP contribution in [-0.2, 0) is 7.05 Å². The predicted octanol–water partition coefficient (Wildman–Crippen LogP) is 0.834. The van der Waals surface area contributed by atoms with Gasteiger partial charge in [-0.15, -0.1) is 0 Å². The molecule has 2 heteroatoms. The van der Waals surface area contributed by atoms with E-state index in [1.54, 1.807) is 7.11 Å². The zero-order chi connectivity index (χ0) is 5.98. The zero-order valence-corrected chi connectivity index (χ0v) is 5.01. The third kappa shape index (κ3) is 0.832. The first-order valence-electron chi connectivity index (χ1n) is 2.40. The fraction of sp³-hybridized carbons (Fsp3) is 0.333. The van der Waals surface area contributed by atoms with Gasteiger partial charge < -0.3 is 9.30 Å². The van der Waals surface area contributed by atoms with Gasteiger partial charge in [0.05, 0.1) is 7.11 Å². The summed E-state index contributed by atoms with van der Waals surface area (Å²) in [5.74, 6) is 0.785. The lowest BCUT2D eigenvalue weighted by molar-refractivity contribution is 0.413. The molecule has 0 aliphatic carbocycles. The summed E-state index contributed by atoms with van der Waals surface area (Å²) in [6.45, 7) is 0. The van der Waals surface area contributed by atoms with Crippen molar-refractivity contribution in [3.63, 3.8) is 0 Å². The summed E-state index contributed by atoms with van der Waals surface area (Å²) in [4.78, 5) is 0. The van der Waals surface area contributed by atoms with Crippen molar-refractivity contribution in [2.45, 2.75) is 0 Å². The maximum Gasteiger partial charge on any atom is 0.144 e. The van der Waals surface area contributed by atoms with Crippen LogP contribution in [0.25, 0.3) is 0 Å². The summed E-state index contributed by atoms with van der Waals surface area (Å²) in [6.07, 6.45) is 3.68. The first kappa shape index (κ1) is 5.22. The van der Waals surface area contributed by atoms with Crippen LogP contribution in [0.2, 0.25) is 0 Å². The first-order chi connectivity index (χ1) is 3.83. The van der Waals surface area contributed by atoms with Crippen molar-refractivity contribution < 1.29 is 4.74 Å². The van der Waals surface area contributed by atoms with Gasteiger partial charge in [0.15, 0.2) is 0 Å². The second kappa shape index (κ2) is 1.90. The Morgan fingerprint density at radius 2 is 2.50 bits per heavy atom. The highest BCUT2D eigenvalue weighted by Crippen LogP contribution is 2.05. The van der Waals surface area contributed by atoms with E-state index in [-0.39, 0.29) is 0 Å². The van der Waals surface area contributed by atoms with E-state index in [2.05, 4.69) is 6.07 Å². The van der Waals surface area contributed by atoms with Gasteiger partial charge in [-0.2, -0.15) is 0 Å². The summed E-state index contributed by atoms with van der Waals surface area (Å²) in [7, 11) is 3.56. The summed E-state index contributed by atoms with van der Waals surface area (Å²) < 4.78 is 6.75. The Morgan fingerprint density at radius 1 is 1.75 bits per heavy atom. The second-order valence-corrected chi connectivity index (χ2v) is 1.64. The fourth-order valence-corrected chi connectivity index (χ4v) is 0.537. The third-order valence-electron chi connectivity index (χ3n) is 0.951. The summed E-state index contributed by atoms with van der Waals surface area (Å²) in [5.41, 5.74) is 0. The lowest BCUT2D eigenvalue weighted by Gasteiger charge is -1.88. The molecule has 0 aliphatic heterocycles. The van der Waals surface area contributed by atoms with Crippen molar-refractivity contribution in [3.05, 3.63) is 18.5 Å². The number of aryl methyl sites for hydroxylation is 1. The molecule has 0 saturated heterocycles. The number of hydrogen-bond donors (Lipinski definition) is 0. The Balaban J connectivity index is 2.84. The topological polar surface area (TPSA) is 14.2 Å². The average Bonchev–Trinajstić information content (AvgIpc) is 2.14. The Morgan fingerprint density at radius 3 is 2.75 bits per heavy atom. The number of methoxy groups -OCH3 is 1. The average molecular weight is 110 g/mol. The van der Waals surface area contributed by atoms with Crippen molar-refractivity contribution in [3.8, 4) is 5.75 Å². The molecule has 1 heterocycles. The van der Waals surface area contributed by atoms with Crippen molar-refractivity contribution in [2.75, 3.05) is 7.11 Å². The van der Waals surface area contributed by atoms with Crippen LogP contribution in [0.3, 0.4) is 0 Å². The maximum absolute atomic E-state index is 4.86. The van der Waals surface area contributed by atoms with Crippen LogP contribution < -0.4 is 4.74 Å². The van der Waals surface area contributed by atoms with E-state index < -0.39 is 0 Å². The molecule has 1 rings (SSSR count). The Bertz CT molecular complexity index is 169. The lowest BCUT2D eigenvalue weighted by Crippen LogP contribution is -1.80. The van der Waals surface area contributed by atoms with Gasteiger partial charge in [-0.3, -0.25) is 0 Å². The number of hydrogen-bond acceptors (Lipinski definition) is 1. The molecule has 0 atom stereocenters. The highest BCUT2D eigenvalue weighted by atomic mass is 16.5. The molecule has 0 bridgehead atoms. The largest absolute Gasteiger partial charge is 0.495 e. The van der Waals surface area contributed by atoms with Gasteiger partial charge in [-0.05, 0) is 0 Å². The standard InChI is InChI=1S/C6H8NO/c1-7-4-3-6(5-7)8-2/h4-5H,1-2H3. The number of rotatable bonds is 1. The van der Waals surface area contributed by atoms with E-state index in [9.17, 15) is 0 Å². The molecule has 0 N–H and O–H groups in total. The van der Waals surface area contributed by atoms with E-state index in [0.29, 0.717) is 0 Å². The summed E-state index contributed by atoms with van der Waals surface area (Å²) in [6, 6.07) is 2.90. The minimum absolute atomic E-state index is 0.785. The van der Waals surface area contributed by atoms with Gasteiger partial charge in [0.2, 0.25) is 0 Å². The van der Waals surface area contributed by atoms with Crippen LogP contribution in [0, 0.1) is 6.07 Å². The summed E-state index contributed by atoms with van der Waals surface area (Å²) in [5, 5.41) is 0. The van der Waals surface area contributed by atoms with Crippen LogP contribution in [0.4, 0.5) is 0 Å². The molecule has 43 valence electrons. The van der Waals surface area contributed by atoms with E-state index in [4.69, 9.17) is 4.74 Å². The molecule has 0 aliphatic rings. The van der Waals surface area contributed by atoms with E-state index in [1.807, 2.05) is 24.0 Å². The van der Waals surface area contributed by atoms with E-state index >= 15 is 0 Å². The molecule has 1 aromatic rings. The van der Waals surface area contributed by atoms with Crippen molar-refractivity contribution in [1.82, 2.24) is 4.57 Å². The third-order valence-corrected chi connectivity index (χ3v) is 0.951. The van der Waals surface area contributed by atoms with Crippen LogP contribution >= 0.6 is 0 Å². The Kier molecular flexibility index (Phi) is 1.24. The SMILES string of the molecule is COc1[c]cn(C)c1. The fourth-order valence-electron chi connectivity index (χ4n) is 0.537. The van der Waals surface area contributed by atoms with Gasteiger partial charge in [-0.25, -0.2) is 0 Å². The molecule has 0 aromatic carbocycles. The van der Waals surface area contributed by atoms with Gasteiger partial charge in [0, 0.05) is 25.5 Å². The zero-order valence-electron chi connectivity index (χ0n) is 5.01. The monoisotopic (exact) mass is 110 g/mol. The summed E-state index contributed by atoms with van der Waals surface area (Å²) >= 11 is 0. The van der Waals surface area contributed by atoms with E-state index in [0.717, 1.165) is 5.75 Å². The molecule has 8 heavy (non-hydrogen) atoms. The van der Waals surface area contributed by atoms with Crippen LogP contribution in [0.1, 0.15) is 0 Å². The molecule has 1 aromatic heterocycles. The van der Waals surface area contributed by atoms with Crippen molar-refractivity contribution in [2.24, 2.45) is 7.05 Å². The maximum atomic E-state index is 4.86. The van der Waals surface area contributed by atoms with Gasteiger partial charge in [-0.1, -0.05) is 0 Å². The smallest absolute Gasteiger partial charge is 0.144 e. The molecular formula is C6H8NO. The number of nitrogens with zero attached hydrogens (tertiary/aromatic N) is 1. The van der Waals surface area contributed by atoms with Gasteiger partial charge in [0.1, 0.15) is 5.75 Å². The highest BCUT2D eigenvalue weighted by Gasteiger charge is 1.88. The Hall–Kier alpha value is -0.920. The number of aromatic nitrogens is 1. The highest BCUT2D eigenvalue weighted by molar-refractivity contribution is 5.14. The quantitative estimate of drug-likeness (QED) is 0.522. The molecule has 0 spiro atoms. The van der Waals surface area contributed by atoms with Gasteiger partial charge >= 0.3 is 0 Å². The van der Waals surface area contributed by atoms with Crippen LogP contribution in [-0.4, -0.2) is 11.7 Å². The predicted molar refractivity (Wildman–Crippen MR) is 30.8 cm³/mol. The Labute approximate surface area is 48.7 Å². The van der Waals surface area contributed by atoms with Crippen molar-refractivity contribution in [1.29, 1.82) is 0 Å². The van der Waals surface area contributed by atoms with E-state index in [1.165, 1.54) is 0 Å². The first-order valence-corrected chi connectivity index (χ1v) is 2.40. The lowest BCUT2D eigenvalue weighted by atomic mass is 10.6. The molecular weight excluding hydrogens is 102 g/mol. The molecule has 0 saturated carbocycles. The number of ether oxygens (including phenoxy) is 1. The molecule has 2 nitrogen and oxygen atoms in total. The molecule has 0 amide bonds. The van der Waals surface area contributed by atoms with Crippen molar-refractivity contribution >= 4 is 0 Å². The second-order valence-electron chi connectivity index (χ2n) is 1.64.